The molecule has 1 aliphatic carbocycles. The third-order valence-corrected chi connectivity index (χ3v) is 6.39. The molecule has 0 unspecified atom stereocenters. The number of rotatable bonds is 6. The van der Waals surface area contributed by atoms with Crippen molar-refractivity contribution in [1.29, 1.82) is 0 Å². The van der Waals surface area contributed by atoms with E-state index in [1.165, 1.54) is 5.56 Å². The predicted molar refractivity (Wildman–Crippen MR) is 118 cm³/mol. The average molecular weight is 426 g/mol. The van der Waals surface area contributed by atoms with Crippen molar-refractivity contribution < 1.29 is 9.47 Å². The molecule has 0 atom stereocenters. The van der Waals surface area contributed by atoms with E-state index in [0.717, 1.165) is 69.6 Å². The molecule has 0 radical (unpaired) electrons. The third kappa shape index (κ3) is 4.38. The van der Waals surface area contributed by atoms with Crippen LogP contribution in [0.3, 0.4) is 0 Å². The largest absolute Gasteiger partial charge is 0.473 e. The zero-order valence-electron chi connectivity index (χ0n) is 18.3. The van der Waals surface area contributed by atoms with Crippen molar-refractivity contribution in [2.45, 2.75) is 51.2 Å². The fourth-order valence-corrected chi connectivity index (χ4v) is 4.72. The van der Waals surface area contributed by atoms with Gasteiger partial charge in [0.25, 0.3) is 0 Å². The molecule has 2 aliphatic rings. The molecule has 9 heteroatoms. The van der Waals surface area contributed by atoms with Gasteiger partial charge in [0.15, 0.2) is 0 Å². The average Bonchev–Trinajstić information content (AvgIpc) is 3.40. The summed E-state index contributed by atoms with van der Waals surface area (Å²) in [6, 6.07) is 2.75. The van der Waals surface area contributed by atoms with Gasteiger partial charge in [0.1, 0.15) is 11.6 Å². The molecule has 2 fully saturated rings. The Morgan fingerprint density at radius 1 is 1.19 bits per heavy atom. The zero-order valence-corrected chi connectivity index (χ0v) is 18.3. The molecule has 1 aliphatic heterocycles. The van der Waals surface area contributed by atoms with Crippen LogP contribution in [0.1, 0.15) is 38.2 Å². The van der Waals surface area contributed by atoms with E-state index in [9.17, 15) is 0 Å². The van der Waals surface area contributed by atoms with Crippen LogP contribution in [-0.4, -0.2) is 67.7 Å². The number of aromatic nitrogens is 5. The van der Waals surface area contributed by atoms with Gasteiger partial charge in [-0.05, 0) is 43.7 Å². The summed E-state index contributed by atoms with van der Waals surface area (Å²) >= 11 is 0. The highest BCUT2D eigenvalue weighted by Gasteiger charge is 2.28. The van der Waals surface area contributed by atoms with Gasteiger partial charge in [-0.25, -0.2) is 4.52 Å². The number of hydrogen-bond donors (Lipinski definition) is 1. The van der Waals surface area contributed by atoms with Crippen LogP contribution < -0.4 is 10.1 Å². The maximum Gasteiger partial charge on any atom is 0.248 e. The quantitative estimate of drug-likeness (QED) is 0.650. The molecule has 3 aromatic heterocycles. The molecule has 0 aromatic carbocycles. The Labute approximate surface area is 182 Å². The van der Waals surface area contributed by atoms with Crippen molar-refractivity contribution in [1.82, 2.24) is 29.3 Å². The SMILES string of the molecule is CCc1ccn2nc(Nc3cnn(C)c3)nc(O[C@H]3CC[C@H](N4CCOCC4)CC3)c12. The Bertz CT molecular complexity index is 1020. The standard InChI is InChI=1S/C22H31N7O2/c1-3-16-8-9-29-20(16)21(25-22(26-29)24-17-14-23-27(2)15-17)31-19-6-4-18(5-7-19)28-10-12-30-13-11-28/h8-9,14-15,18-19H,3-7,10-13H2,1-2H3,(H,24,26)/t18-,19-. The summed E-state index contributed by atoms with van der Waals surface area (Å²) in [5.74, 6) is 1.17. The topological polar surface area (TPSA) is 81.7 Å². The molecule has 9 nitrogen and oxygen atoms in total. The fraction of sp³-hybridized carbons (Fsp3) is 0.591. The molecule has 3 aromatic rings. The lowest BCUT2D eigenvalue weighted by molar-refractivity contribution is -0.00129. The first-order valence-corrected chi connectivity index (χ1v) is 11.3. The van der Waals surface area contributed by atoms with Crippen LogP contribution in [0.15, 0.2) is 24.7 Å². The van der Waals surface area contributed by atoms with Crippen molar-refractivity contribution >= 4 is 17.2 Å². The number of nitrogens with one attached hydrogen (secondary N) is 1. The minimum Gasteiger partial charge on any atom is -0.473 e. The summed E-state index contributed by atoms with van der Waals surface area (Å²) in [6.07, 6.45) is 11.1. The number of anilines is 2. The summed E-state index contributed by atoms with van der Waals surface area (Å²) < 4.78 is 15.6. The zero-order chi connectivity index (χ0) is 21.2. The molecule has 1 saturated heterocycles. The number of morpholine rings is 1. The van der Waals surface area contributed by atoms with Crippen LogP contribution in [0.4, 0.5) is 11.6 Å². The molecule has 31 heavy (non-hydrogen) atoms. The highest BCUT2D eigenvalue weighted by Crippen LogP contribution is 2.30. The highest BCUT2D eigenvalue weighted by molar-refractivity contribution is 5.65. The van der Waals surface area contributed by atoms with Crippen LogP contribution in [0.25, 0.3) is 5.52 Å². The van der Waals surface area contributed by atoms with Crippen molar-refractivity contribution in [3.05, 3.63) is 30.2 Å². The van der Waals surface area contributed by atoms with E-state index < -0.39 is 0 Å². The Hall–Kier alpha value is -2.65. The van der Waals surface area contributed by atoms with Gasteiger partial charge in [-0.1, -0.05) is 6.92 Å². The van der Waals surface area contributed by atoms with Gasteiger partial charge < -0.3 is 14.8 Å². The molecular formula is C22H31N7O2. The fourth-order valence-electron chi connectivity index (χ4n) is 4.72. The smallest absolute Gasteiger partial charge is 0.248 e. The molecule has 0 spiro atoms. The number of ether oxygens (including phenoxy) is 2. The van der Waals surface area contributed by atoms with E-state index in [4.69, 9.17) is 14.5 Å². The van der Waals surface area contributed by atoms with E-state index in [2.05, 4.69) is 33.4 Å². The van der Waals surface area contributed by atoms with Crippen molar-refractivity contribution in [2.24, 2.45) is 7.05 Å². The molecule has 0 amide bonds. The van der Waals surface area contributed by atoms with Gasteiger partial charge in [-0.3, -0.25) is 9.58 Å². The van der Waals surface area contributed by atoms with Crippen molar-refractivity contribution in [3.8, 4) is 5.88 Å². The van der Waals surface area contributed by atoms with Crippen LogP contribution in [-0.2, 0) is 18.2 Å². The first-order chi connectivity index (χ1) is 15.2. The maximum absolute atomic E-state index is 6.51. The first-order valence-electron chi connectivity index (χ1n) is 11.3. The summed E-state index contributed by atoms with van der Waals surface area (Å²) in [6.45, 7) is 5.97. The summed E-state index contributed by atoms with van der Waals surface area (Å²) in [5, 5.41) is 12.1. The minimum absolute atomic E-state index is 0.182. The van der Waals surface area contributed by atoms with E-state index in [0.29, 0.717) is 17.9 Å². The van der Waals surface area contributed by atoms with Gasteiger partial charge in [0.2, 0.25) is 11.8 Å². The lowest BCUT2D eigenvalue weighted by Crippen LogP contribution is -2.46. The van der Waals surface area contributed by atoms with E-state index in [1.807, 2.05) is 24.0 Å². The molecule has 0 bridgehead atoms. The maximum atomic E-state index is 6.51. The molecule has 166 valence electrons. The Balaban J connectivity index is 1.33. The highest BCUT2D eigenvalue weighted by atomic mass is 16.5. The Kier molecular flexibility index (Phi) is 5.78. The molecule has 1 saturated carbocycles. The van der Waals surface area contributed by atoms with Gasteiger partial charge in [0, 0.05) is 38.6 Å². The van der Waals surface area contributed by atoms with E-state index in [1.54, 1.807) is 10.9 Å². The molecule has 1 N–H and O–H groups in total. The second-order valence-electron chi connectivity index (χ2n) is 8.45. The van der Waals surface area contributed by atoms with E-state index in [-0.39, 0.29) is 6.10 Å². The first kappa shape index (κ1) is 20.3. The number of aryl methyl sites for hydroxylation is 2. The predicted octanol–water partition coefficient (Wildman–Crippen LogP) is 2.79. The number of nitrogens with zero attached hydrogens (tertiary/aromatic N) is 6. The van der Waals surface area contributed by atoms with Gasteiger partial charge >= 0.3 is 0 Å². The minimum atomic E-state index is 0.182. The second-order valence-corrected chi connectivity index (χ2v) is 8.45. The third-order valence-electron chi connectivity index (χ3n) is 6.39. The second kappa shape index (κ2) is 8.84. The summed E-state index contributed by atoms with van der Waals surface area (Å²) in [7, 11) is 1.89. The van der Waals surface area contributed by atoms with Gasteiger partial charge in [0.05, 0.1) is 25.1 Å². The van der Waals surface area contributed by atoms with Crippen LogP contribution in [0.5, 0.6) is 5.88 Å². The molecule has 4 heterocycles. The monoisotopic (exact) mass is 425 g/mol. The van der Waals surface area contributed by atoms with Gasteiger partial charge in [-0.15, -0.1) is 5.10 Å². The summed E-state index contributed by atoms with van der Waals surface area (Å²) in [4.78, 5) is 7.34. The van der Waals surface area contributed by atoms with Crippen LogP contribution in [0.2, 0.25) is 0 Å². The lowest BCUT2D eigenvalue weighted by Gasteiger charge is -2.38. The van der Waals surface area contributed by atoms with Crippen LogP contribution in [0, 0.1) is 0 Å². The lowest BCUT2D eigenvalue weighted by atomic mass is 9.91. The normalized spacial score (nSPS) is 22.6. The van der Waals surface area contributed by atoms with Crippen molar-refractivity contribution in [2.75, 3.05) is 31.6 Å². The van der Waals surface area contributed by atoms with Crippen LogP contribution >= 0.6 is 0 Å². The van der Waals surface area contributed by atoms with Crippen molar-refractivity contribution in [3.63, 3.8) is 0 Å². The Morgan fingerprint density at radius 3 is 2.71 bits per heavy atom. The summed E-state index contributed by atoms with van der Waals surface area (Å²) in [5.41, 5.74) is 3.01. The molecular weight excluding hydrogens is 394 g/mol. The van der Waals surface area contributed by atoms with E-state index >= 15 is 0 Å². The number of fused-ring (bicyclic) bond motifs is 1. The van der Waals surface area contributed by atoms with Gasteiger partial charge in [-0.2, -0.15) is 10.1 Å². The molecule has 5 rings (SSSR count). The number of hydrogen-bond acceptors (Lipinski definition) is 7. The Morgan fingerprint density at radius 2 is 2.00 bits per heavy atom.